The van der Waals surface area contributed by atoms with Crippen molar-refractivity contribution in [1.82, 2.24) is 5.32 Å². The van der Waals surface area contributed by atoms with Gasteiger partial charge in [-0.25, -0.2) is 17.9 Å². The second kappa shape index (κ2) is 5.66. The van der Waals surface area contributed by atoms with Gasteiger partial charge in [-0.05, 0) is 31.5 Å². The lowest BCUT2D eigenvalue weighted by molar-refractivity contribution is -0.125. The van der Waals surface area contributed by atoms with Gasteiger partial charge in [0.05, 0.1) is 11.2 Å². The van der Waals surface area contributed by atoms with E-state index in [2.05, 4.69) is 5.32 Å². The van der Waals surface area contributed by atoms with Crippen LogP contribution in [0.1, 0.15) is 19.4 Å². The Morgan fingerprint density at radius 3 is 2.32 bits per heavy atom. The number of primary sulfonamides is 1. The topological polar surface area (TPSA) is 89.3 Å². The molecule has 0 aliphatic heterocycles. The molecule has 1 aromatic carbocycles. The van der Waals surface area contributed by atoms with Gasteiger partial charge in [-0.15, -0.1) is 0 Å². The van der Waals surface area contributed by atoms with Crippen LogP contribution in [0, 0.1) is 5.82 Å². The molecule has 7 heteroatoms. The van der Waals surface area contributed by atoms with E-state index in [9.17, 15) is 17.6 Å². The van der Waals surface area contributed by atoms with Crippen molar-refractivity contribution in [2.24, 2.45) is 5.14 Å². The molecule has 0 aliphatic carbocycles. The molecule has 0 atom stereocenters. The van der Waals surface area contributed by atoms with Crippen LogP contribution in [-0.2, 0) is 20.2 Å². The third kappa shape index (κ3) is 4.60. The van der Waals surface area contributed by atoms with E-state index in [1.54, 1.807) is 13.8 Å². The van der Waals surface area contributed by atoms with Gasteiger partial charge in [-0.3, -0.25) is 4.79 Å². The first-order chi connectivity index (χ1) is 8.63. The number of hydrogen-bond acceptors (Lipinski definition) is 3. The quantitative estimate of drug-likeness (QED) is 0.827. The number of halogens is 1. The highest BCUT2D eigenvalue weighted by atomic mass is 32.2. The summed E-state index contributed by atoms with van der Waals surface area (Å²) in [5.41, 5.74) is -0.242. The van der Waals surface area contributed by atoms with Crippen molar-refractivity contribution in [3.63, 3.8) is 0 Å². The molecular weight excluding hydrogens is 271 g/mol. The Morgan fingerprint density at radius 2 is 1.84 bits per heavy atom. The molecular formula is C12H17FN2O3S. The second-order valence-electron chi connectivity index (χ2n) is 4.75. The van der Waals surface area contributed by atoms with E-state index in [1.807, 2.05) is 0 Å². The Morgan fingerprint density at radius 1 is 1.32 bits per heavy atom. The molecule has 0 bridgehead atoms. The summed E-state index contributed by atoms with van der Waals surface area (Å²) in [5.74, 6) is -1.05. The Hall–Kier alpha value is -1.47. The summed E-state index contributed by atoms with van der Waals surface area (Å²) in [6.07, 6.45) is 0. The summed E-state index contributed by atoms with van der Waals surface area (Å²) in [6.45, 7) is 3.29. The maximum absolute atomic E-state index is 12.8. The van der Waals surface area contributed by atoms with Crippen LogP contribution in [0.3, 0.4) is 0 Å². The van der Waals surface area contributed by atoms with Crippen molar-refractivity contribution in [2.45, 2.75) is 19.3 Å². The van der Waals surface area contributed by atoms with Gasteiger partial charge in [0.1, 0.15) is 5.82 Å². The first-order valence-corrected chi connectivity index (χ1v) is 7.39. The monoisotopic (exact) mass is 288 g/mol. The van der Waals surface area contributed by atoms with Crippen LogP contribution >= 0.6 is 0 Å². The Kier molecular flexibility index (Phi) is 4.65. The van der Waals surface area contributed by atoms with Gasteiger partial charge in [-0.2, -0.15) is 0 Å². The molecule has 0 fully saturated rings. The minimum absolute atomic E-state index is 0.0533. The predicted octanol–water partition coefficient (Wildman–Crippen LogP) is 0.508. The molecule has 0 unspecified atom stereocenters. The van der Waals surface area contributed by atoms with Crippen molar-refractivity contribution in [3.8, 4) is 0 Å². The van der Waals surface area contributed by atoms with E-state index in [0.29, 0.717) is 5.56 Å². The van der Waals surface area contributed by atoms with Gasteiger partial charge in [0.25, 0.3) is 0 Å². The van der Waals surface area contributed by atoms with Gasteiger partial charge in [-0.1, -0.05) is 12.1 Å². The second-order valence-corrected chi connectivity index (χ2v) is 6.49. The Balaban J connectivity index is 2.71. The number of hydrogen-bond donors (Lipinski definition) is 2. The normalized spacial score (nSPS) is 12.2. The molecule has 106 valence electrons. The van der Waals surface area contributed by atoms with E-state index in [1.165, 1.54) is 24.3 Å². The number of carbonyl (C=O) groups is 1. The van der Waals surface area contributed by atoms with Crippen LogP contribution in [0.25, 0.3) is 0 Å². The molecule has 0 heterocycles. The number of sulfonamides is 1. The third-order valence-electron chi connectivity index (χ3n) is 2.81. The zero-order valence-electron chi connectivity index (χ0n) is 10.8. The van der Waals surface area contributed by atoms with Crippen molar-refractivity contribution in [2.75, 3.05) is 12.3 Å². The lowest BCUT2D eigenvalue weighted by atomic mass is 9.84. The number of nitrogens with two attached hydrogens (primary N) is 1. The van der Waals surface area contributed by atoms with Gasteiger partial charge in [0.15, 0.2) is 0 Å². The van der Waals surface area contributed by atoms with E-state index in [0.717, 1.165) is 0 Å². The van der Waals surface area contributed by atoms with Gasteiger partial charge in [0.2, 0.25) is 15.9 Å². The molecule has 0 radical (unpaired) electrons. The molecule has 0 saturated carbocycles. The third-order valence-corrected chi connectivity index (χ3v) is 3.58. The molecule has 0 aliphatic rings. The molecule has 1 amide bonds. The van der Waals surface area contributed by atoms with E-state index < -0.39 is 15.4 Å². The van der Waals surface area contributed by atoms with Crippen molar-refractivity contribution in [1.29, 1.82) is 0 Å². The van der Waals surface area contributed by atoms with Crippen LogP contribution in [0.5, 0.6) is 0 Å². The number of carbonyl (C=O) groups excluding carboxylic acids is 1. The maximum Gasteiger partial charge on any atom is 0.230 e. The largest absolute Gasteiger partial charge is 0.354 e. The van der Waals surface area contributed by atoms with Crippen LogP contribution in [-0.4, -0.2) is 26.6 Å². The van der Waals surface area contributed by atoms with Gasteiger partial charge in [0, 0.05) is 6.54 Å². The highest BCUT2D eigenvalue weighted by Crippen LogP contribution is 2.23. The smallest absolute Gasteiger partial charge is 0.230 e. The summed E-state index contributed by atoms with van der Waals surface area (Å²) in [6, 6.07) is 5.59. The maximum atomic E-state index is 12.8. The molecule has 0 saturated heterocycles. The van der Waals surface area contributed by atoms with Crippen LogP contribution in [0.4, 0.5) is 4.39 Å². The fourth-order valence-corrected chi connectivity index (χ4v) is 1.91. The summed E-state index contributed by atoms with van der Waals surface area (Å²) >= 11 is 0. The number of benzene rings is 1. The first-order valence-electron chi connectivity index (χ1n) is 5.68. The SMILES string of the molecule is CC(C)(C(=O)NCCS(N)(=O)=O)c1ccc(F)cc1. The summed E-state index contributed by atoms with van der Waals surface area (Å²) in [7, 11) is -3.60. The first kappa shape index (κ1) is 15.6. The zero-order chi connectivity index (χ0) is 14.7. The predicted molar refractivity (Wildman–Crippen MR) is 70.4 cm³/mol. The average molecular weight is 288 g/mol. The standard InChI is InChI=1S/C12H17FN2O3S/c1-12(2,9-3-5-10(13)6-4-9)11(16)15-7-8-19(14,17)18/h3-6H,7-8H2,1-2H3,(H,15,16)(H2,14,17,18). The molecule has 0 spiro atoms. The van der Waals surface area contributed by atoms with Gasteiger partial charge < -0.3 is 5.32 Å². The lowest BCUT2D eigenvalue weighted by Gasteiger charge is -2.24. The number of nitrogens with one attached hydrogen (secondary N) is 1. The fraction of sp³-hybridized carbons (Fsp3) is 0.417. The zero-order valence-corrected chi connectivity index (χ0v) is 11.6. The Bertz CT molecular complexity index is 553. The van der Waals surface area contributed by atoms with Gasteiger partial charge >= 0.3 is 0 Å². The molecule has 3 N–H and O–H groups in total. The molecule has 1 rings (SSSR count). The molecule has 5 nitrogen and oxygen atoms in total. The van der Waals surface area contributed by atoms with Crippen molar-refractivity contribution < 1.29 is 17.6 Å². The van der Waals surface area contributed by atoms with Crippen molar-refractivity contribution in [3.05, 3.63) is 35.6 Å². The fourth-order valence-electron chi connectivity index (χ4n) is 1.53. The minimum Gasteiger partial charge on any atom is -0.354 e. The van der Waals surface area contributed by atoms with E-state index >= 15 is 0 Å². The van der Waals surface area contributed by atoms with Crippen molar-refractivity contribution >= 4 is 15.9 Å². The minimum atomic E-state index is -3.60. The van der Waals surface area contributed by atoms with Crippen LogP contribution in [0.15, 0.2) is 24.3 Å². The lowest BCUT2D eigenvalue weighted by Crippen LogP contribution is -2.42. The molecule has 1 aromatic rings. The van der Waals surface area contributed by atoms with Crippen LogP contribution < -0.4 is 10.5 Å². The molecule has 0 aromatic heterocycles. The summed E-state index contributed by atoms with van der Waals surface area (Å²) in [4.78, 5) is 12.0. The average Bonchev–Trinajstić information content (AvgIpc) is 2.27. The van der Waals surface area contributed by atoms with Crippen LogP contribution in [0.2, 0.25) is 0 Å². The summed E-state index contributed by atoms with van der Waals surface area (Å²) in [5, 5.41) is 7.34. The summed E-state index contributed by atoms with van der Waals surface area (Å²) < 4.78 is 34.3. The van der Waals surface area contributed by atoms with E-state index in [-0.39, 0.29) is 24.0 Å². The van der Waals surface area contributed by atoms with E-state index in [4.69, 9.17) is 5.14 Å². The number of amides is 1. The number of rotatable bonds is 5. The highest BCUT2D eigenvalue weighted by molar-refractivity contribution is 7.89. The highest BCUT2D eigenvalue weighted by Gasteiger charge is 2.29. The Labute approximate surface area is 112 Å². The molecule has 19 heavy (non-hydrogen) atoms.